The molecule has 1 fully saturated rings. The molecule has 0 bridgehead atoms. The molecule has 4 nitrogen and oxygen atoms in total. The van der Waals surface area contributed by atoms with Crippen LogP contribution in [0.15, 0.2) is 18.2 Å². The number of ketones is 1. The topological polar surface area (TPSA) is 66.8 Å². The number of rotatable bonds is 1. The van der Waals surface area contributed by atoms with Gasteiger partial charge in [-0.05, 0) is 36.1 Å². The lowest BCUT2D eigenvalue weighted by Gasteiger charge is -2.45. The van der Waals surface area contributed by atoms with Crippen molar-refractivity contribution in [3.63, 3.8) is 0 Å². The van der Waals surface area contributed by atoms with E-state index in [-0.39, 0.29) is 12.2 Å². The number of hydrogen-bond donors (Lipinski definition) is 2. The number of methoxy groups -OCH3 is 1. The molecule has 1 aromatic carbocycles. The minimum absolute atomic E-state index is 0.0263. The van der Waals surface area contributed by atoms with Gasteiger partial charge in [-0.2, -0.15) is 0 Å². The van der Waals surface area contributed by atoms with Crippen LogP contribution >= 0.6 is 0 Å². The van der Waals surface area contributed by atoms with Crippen molar-refractivity contribution in [2.75, 3.05) is 7.11 Å². The molecule has 2 N–H and O–H groups in total. The van der Waals surface area contributed by atoms with Crippen molar-refractivity contribution in [3.05, 3.63) is 29.3 Å². The molecule has 3 atom stereocenters. The lowest BCUT2D eigenvalue weighted by molar-refractivity contribution is -0.151. The van der Waals surface area contributed by atoms with Gasteiger partial charge in [-0.25, -0.2) is 0 Å². The monoisotopic (exact) mass is 262 g/mol. The maximum absolute atomic E-state index is 12.2. The third kappa shape index (κ3) is 1.38. The molecule has 0 heterocycles. The summed E-state index contributed by atoms with van der Waals surface area (Å²) in [6.07, 6.45) is 0.574. The van der Waals surface area contributed by atoms with Crippen LogP contribution in [0.5, 0.6) is 5.75 Å². The molecule has 0 amide bonds. The quantitative estimate of drug-likeness (QED) is 0.797. The molecule has 0 aromatic heterocycles. The van der Waals surface area contributed by atoms with Gasteiger partial charge in [0.25, 0.3) is 0 Å². The van der Waals surface area contributed by atoms with Gasteiger partial charge in [0.15, 0.2) is 11.4 Å². The molecule has 3 rings (SSSR count). The van der Waals surface area contributed by atoms with Crippen LogP contribution in [0.2, 0.25) is 0 Å². The van der Waals surface area contributed by atoms with Crippen LogP contribution in [-0.2, 0) is 16.8 Å². The van der Waals surface area contributed by atoms with E-state index in [0.717, 1.165) is 17.7 Å². The number of aliphatic hydroxyl groups excluding tert-OH is 1. The summed E-state index contributed by atoms with van der Waals surface area (Å²) in [6, 6.07) is 5.37. The lowest BCUT2D eigenvalue weighted by atomic mass is 9.62. The minimum Gasteiger partial charge on any atom is -0.497 e. The highest BCUT2D eigenvalue weighted by molar-refractivity contribution is 5.93. The summed E-state index contributed by atoms with van der Waals surface area (Å²) in [5.41, 5.74) is -0.789. The molecule has 2 aliphatic rings. The first-order chi connectivity index (χ1) is 8.93. The number of benzene rings is 1. The Morgan fingerprint density at radius 2 is 2.16 bits per heavy atom. The fourth-order valence-corrected chi connectivity index (χ4v) is 3.56. The number of Topliss-reactive ketones (excluding diaryl/α,β-unsaturated/α-hetero) is 1. The SMILES string of the molecule is COc1ccc2c(c1)CCC1(C)C(O)CC(=O)C21O. The summed E-state index contributed by atoms with van der Waals surface area (Å²) in [4.78, 5) is 12.2. The van der Waals surface area contributed by atoms with Gasteiger partial charge in [0.05, 0.1) is 13.2 Å². The van der Waals surface area contributed by atoms with E-state index < -0.39 is 17.1 Å². The molecule has 0 radical (unpaired) electrons. The number of aryl methyl sites for hydroxylation is 1. The fourth-order valence-electron chi connectivity index (χ4n) is 3.56. The van der Waals surface area contributed by atoms with Gasteiger partial charge >= 0.3 is 0 Å². The predicted molar refractivity (Wildman–Crippen MR) is 68.9 cm³/mol. The van der Waals surface area contributed by atoms with Crippen LogP contribution in [0.25, 0.3) is 0 Å². The van der Waals surface area contributed by atoms with E-state index in [1.807, 2.05) is 6.07 Å². The van der Waals surface area contributed by atoms with Gasteiger partial charge in [0, 0.05) is 11.8 Å². The maximum atomic E-state index is 12.2. The maximum Gasteiger partial charge on any atom is 0.172 e. The average Bonchev–Trinajstić information content (AvgIpc) is 2.59. The van der Waals surface area contributed by atoms with Gasteiger partial charge < -0.3 is 14.9 Å². The highest BCUT2D eigenvalue weighted by Crippen LogP contribution is 2.56. The Kier molecular flexibility index (Phi) is 2.53. The summed E-state index contributed by atoms with van der Waals surface area (Å²) in [5.74, 6) is 0.436. The first-order valence-electron chi connectivity index (χ1n) is 6.54. The smallest absolute Gasteiger partial charge is 0.172 e. The van der Waals surface area contributed by atoms with Crippen molar-refractivity contribution < 1.29 is 19.7 Å². The standard InChI is InChI=1S/C15H18O4/c1-14-6-5-9-7-10(19-2)3-4-11(9)15(14,18)13(17)8-12(14)16/h3-4,7,12,16,18H,5-6,8H2,1-2H3. The minimum atomic E-state index is -1.56. The van der Waals surface area contributed by atoms with E-state index in [0.29, 0.717) is 12.0 Å². The van der Waals surface area contributed by atoms with Gasteiger partial charge in [-0.3, -0.25) is 4.79 Å². The molecule has 0 saturated heterocycles. The molecular formula is C15H18O4. The molecule has 0 spiro atoms. The summed E-state index contributed by atoms with van der Waals surface area (Å²) < 4.78 is 5.18. The summed E-state index contributed by atoms with van der Waals surface area (Å²) >= 11 is 0. The molecule has 2 aliphatic carbocycles. The van der Waals surface area contributed by atoms with Gasteiger partial charge in [-0.1, -0.05) is 13.0 Å². The summed E-state index contributed by atoms with van der Waals surface area (Å²) in [7, 11) is 1.59. The van der Waals surface area contributed by atoms with Crippen LogP contribution in [0.3, 0.4) is 0 Å². The van der Waals surface area contributed by atoms with Crippen LogP contribution in [0.1, 0.15) is 30.9 Å². The molecule has 1 aromatic rings. The molecule has 4 heteroatoms. The van der Waals surface area contributed by atoms with Crippen LogP contribution in [0.4, 0.5) is 0 Å². The summed E-state index contributed by atoms with van der Waals surface area (Å²) in [5, 5.41) is 21.1. The van der Waals surface area contributed by atoms with E-state index >= 15 is 0 Å². The van der Waals surface area contributed by atoms with Crippen molar-refractivity contribution in [2.24, 2.45) is 5.41 Å². The fraction of sp³-hybridized carbons (Fsp3) is 0.533. The normalized spacial score (nSPS) is 36.8. The zero-order valence-electron chi connectivity index (χ0n) is 11.1. The van der Waals surface area contributed by atoms with Crippen LogP contribution < -0.4 is 4.74 Å². The predicted octanol–water partition coefficient (Wildman–Crippen LogP) is 1.17. The van der Waals surface area contributed by atoms with E-state index in [1.165, 1.54) is 0 Å². The Hall–Kier alpha value is -1.39. The Bertz CT molecular complexity index is 553. The van der Waals surface area contributed by atoms with E-state index in [4.69, 9.17) is 4.74 Å². The largest absolute Gasteiger partial charge is 0.497 e. The molecule has 1 saturated carbocycles. The van der Waals surface area contributed by atoms with Crippen molar-refractivity contribution in [1.82, 2.24) is 0 Å². The van der Waals surface area contributed by atoms with E-state index in [2.05, 4.69) is 0 Å². The Morgan fingerprint density at radius 3 is 2.84 bits per heavy atom. The lowest BCUT2D eigenvalue weighted by Crippen LogP contribution is -2.51. The zero-order chi connectivity index (χ0) is 13.8. The van der Waals surface area contributed by atoms with E-state index in [1.54, 1.807) is 26.2 Å². The number of ether oxygens (including phenoxy) is 1. The number of fused-ring (bicyclic) bond motifs is 3. The third-order valence-corrected chi connectivity index (χ3v) is 4.96. The first-order valence-corrected chi connectivity index (χ1v) is 6.54. The second-order valence-corrected chi connectivity index (χ2v) is 5.79. The molecule has 0 aliphatic heterocycles. The van der Waals surface area contributed by atoms with Gasteiger partial charge in [0.2, 0.25) is 0 Å². The Labute approximate surface area is 112 Å². The Balaban J connectivity index is 2.20. The number of carbonyl (C=O) groups is 1. The second-order valence-electron chi connectivity index (χ2n) is 5.79. The molecule has 3 unspecified atom stereocenters. The highest BCUT2D eigenvalue weighted by atomic mass is 16.5. The number of hydrogen-bond acceptors (Lipinski definition) is 4. The van der Waals surface area contributed by atoms with Crippen molar-refractivity contribution in [2.45, 2.75) is 37.9 Å². The first kappa shape index (κ1) is 12.6. The van der Waals surface area contributed by atoms with Gasteiger partial charge in [0.1, 0.15) is 5.75 Å². The van der Waals surface area contributed by atoms with Crippen LogP contribution in [0, 0.1) is 5.41 Å². The van der Waals surface area contributed by atoms with Gasteiger partial charge in [-0.15, -0.1) is 0 Å². The summed E-state index contributed by atoms with van der Waals surface area (Å²) in [6.45, 7) is 1.80. The molecule has 19 heavy (non-hydrogen) atoms. The number of aliphatic hydroxyl groups is 2. The molecular weight excluding hydrogens is 244 g/mol. The highest BCUT2D eigenvalue weighted by Gasteiger charge is 2.64. The van der Waals surface area contributed by atoms with Crippen LogP contribution in [-0.4, -0.2) is 29.2 Å². The molecule has 102 valence electrons. The second kappa shape index (κ2) is 3.81. The number of carbonyl (C=O) groups excluding carboxylic acids is 1. The zero-order valence-corrected chi connectivity index (χ0v) is 11.1. The van der Waals surface area contributed by atoms with Crippen molar-refractivity contribution in [3.8, 4) is 5.75 Å². The van der Waals surface area contributed by atoms with E-state index in [9.17, 15) is 15.0 Å². The third-order valence-electron chi connectivity index (χ3n) is 4.96. The Morgan fingerprint density at radius 1 is 1.42 bits per heavy atom. The van der Waals surface area contributed by atoms with Crippen molar-refractivity contribution in [1.29, 1.82) is 0 Å². The van der Waals surface area contributed by atoms with Crippen molar-refractivity contribution >= 4 is 5.78 Å². The average molecular weight is 262 g/mol.